The number of hydrogen-bond acceptors (Lipinski definition) is 0. The molecule has 0 heterocycles. The summed E-state index contributed by atoms with van der Waals surface area (Å²) in [4.78, 5) is 0. The van der Waals surface area contributed by atoms with Crippen molar-refractivity contribution in [1.29, 1.82) is 0 Å². The second-order valence-corrected chi connectivity index (χ2v) is 16.3. The van der Waals surface area contributed by atoms with Gasteiger partial charge >= 0.3 is 239 Å². The number of rotatable bonds is 7. The molecule has 0 aromatic heterocycles. The van der Waals surface area contributed by atoms with E-state index in [1.54, 1.807) is 15.9 Å². The fraction of sp³-hybridized carbons (Fsp3) is 0.333. The topological polar surface area (TPSA) is 0 Å². The van der Waals surface area contributed by atoms with Crippen molar-refractivity contribution >= 4 is 35.3 Å². The molecule has 4 aromatic rings. The maximum atomic E-state index is 2.60. The average molecular weight is 549 g/mol. The Hall–Kier alpha value is -2.95. The van der Waals surface area contributed by atoms with Crippen molar-refractivity contribution in [2.45, 2.75) is 81.6 Å². The zero-order chi connectivity index (χ0) is 29.4. The molecule has 1 atom stereocenters. The summed E-state index contributed by atoms with van der Waals surface area (Å²) in [6.45, 7) is 25.6. The van der Waals surface area contributed by atoms with E-state index in [4.69, 9.17) is 0 Å². The number of hydrogen-bond donors (Lipinski definition) is 0. The first-order valence-electron chi connectivity index (χ1n) is 14.9. The molecule has 210 valence electrons. The summed E-state index contributed by atoms with van der Waals surface area (Å²) >= 11 is 0. The van der Waals surface area contributed by atoms with Gasteiger partial charge in [-0.15, -0.1) is 0 Å². The van der Waals surface area contributed by atoms with Crippen molar-refractivity contribution in [3.63, 3.8) is 0 Å². The van der Waals surface area contributed by atoms with Gasteiger partial charge in [-0.2, -0.15) is 0 Å². The first kappa shape index (κ1) is 30.0. The molecule has 0 saturated carbocycles. The maximum absolute atomic E-state index is 2.60. The third kappa shape index (κ3) is 5.75. The number of aryl methyl sites for hydroxylation is 8. The van der Waals surface area contributed by atoms with Gasteiger partial charge < -0.3 is 0 Å². The standard InChI is InChI=1S/C39H49P/c1-12-27(4)36-17-15-34(16-18-36)13-14-35-23-32(9)39(33(10)24-35)40(11,37-28(5)19-25(2)20-29(37)6)38-30(7)21-26(3)22-31(38)8/h13-24,27,40H,12H2,1-11H3/b14-13+. The SMILES string of the molecule is CCC(C)c1ccc(/C=C/c2cc(C)c([PH](C)(c3c(C)cc(C)cc3C)c3c(C)cc(C)cc3C)c(C)c2)cc1. The fourth-order valence-electron chi connectivity index (χ4n) is 7.56. The van der Waals surface area contributed by atoms with Gasteiger partial charge in [0.25, 0.3) is 0 Å². The second kappa shape index (κ2) is 11.9. The molecule has 0 aliphatic carbocycles. The van der Waals surface area contributed by atoms with E-state index >= 15 is 0 Å². The molecule has 1 heteroatoms. The first-order chi connectivity index (χ1) is 18.9. The molecule has 0 amide bonds. The second-order valence-electron chi connectivity index (χ2n) is 12.5. The molecule has 0 N–H and O–H groups in total. The quantitative estimate of drug-likeness (QED) is 0.159. The summed E-state index contributed by atoms with van der Waals surface area (Å²) in [5.74, 6) is 0.607. The molecule has 0 radical (unpaired) electrons. The van der Waals surface area contributed by atoms with Gasteiger partial charge in [0.2, 0.25) is 0 Å². The van der Waals surface area contributed by atoms with E-state index in [0.29, 0.717) is 5.92 Å². The van der Waals surface area contributed by atoms with E-state index in [9.17, 15) is 0 Å². The zero-order valence-electron chi connectivity index (χ0n) is 26.7. The molecule has 0 spiro atoms. The number of benzene rings is 4. The van der Waals surface area contributed by atoms with Gasteiger partial charge in [-0.25, -0.2) is 0 Å². The molecule has 1 unspecified atom stereocenters. The van der Waals surface area contributed by atoms with Crippen LogP contribution in [0.3, 0.4) is 0 Å². The van der Waals surface area contributed by atoms with Gasteiger partial charge in [0, 0.05) is 0 Å². The summed E-state index contributed by atoms with van der Waals surface area (Å²) in [5.41, 5.74) is 15.1. The summed E-state index contributed by atoms with van der Waals surface area (Å²) in [5, 5.41) is 4.71. The van der Waals surface area contributed by atoms with E-state index in [2.05, 4.69) is 149 Å². The zero-order valence-corrected chi connectivity index (χ0v) is 27.7. The Morgan fingerprint density at radius 3 is 1.27 bits per heavy atom. The summed E-state index contributed by atoms with van der Waals surface area (Å²) < 4.78 is 0. The fourth-order valence-corrected chi connectivity index (χ4v) is 13.5. The third-order valence-electron chi connectivity index (χ3n) is 9.00. The summed E-state index contributed by atoms with van der Waals surface area (Å²) in [6, 6.07) is 23.4. The Morgan fingerprint density at radius 2 is 0.900 bits per heavy atom. The average Bonchev–Trinajstić information content (AvgIpc) is 2.85. The molecule has 0 aliphatic heterocycles. The van der Waals surface area contributed by atoms with Gasteiger partial charge in [0.05, 0.1) is 0 Å². The van der Waals surface area contributed by atoms with E-state index in [-0.39, 0.29) is 0 Å². The minimum atomic E-state index is -2.35. The van der Waals surface area contributed by atoms with Crippen LogP contribution in [0.2, 0.25) is 0 Å². The van der Waals surface area contributed by atoms with Crippen LogP contribution in [0.25, 0.3) is 12.2 Å². The Kier molecular flexibility index (Phi) is 8.92. The van der Waals surface area contributed by atoms with Crippen LogP contribution >= 0.6 is 7.26 Å². The third-order valence-corrected chi connectivity index (χ3v) is 14.4. The minimum absolute atomic E-state index is 0.607. The Morgan fingerprint density at radius 1 is 0.550 bits per heavy atom. The Labute approximate surface area is 244 Å². The van der Waals surface area contributed by atoms with Crippen LogP contribution in [-0.4, -0.2) is 6.66 Å². The van der Waals surface area contributed by atoms with Crippen LogP contribution in [0.5, 0.6) is 0 Å². The van der Waals surface area contributed by atoms with Crippen LogP contribution in [-0.2, 0) is 0 Å². The Bertz CT molecular complexity index is 1440. The first-order valence-corrected chi connectivity index (χ1v) is 17.4. The molecule has 40 heavy (non-hydrogen) atoms. The van der Waals surface area contributed by atoms with Gasteiger partial charge in [-0.3, -0.25) is 0 Å². The van der Waals surface area contributed by atoms with Crippen LogP contribution in [0.4, 0.5) is 0 Å². The van der Waals surface area contributed by atoms with Gasteiger partial charge in [0.1, 0.15) is 0 Å². The van der Waals surface area contributed by atoms with Crippen molar-refractivity contribution < 1.29 is 0 Å². The van der Waals surface area contributed by atoms with E-state index in [1.807, 2.05) is 0 Å². The van der Waals surface area contributed by atoms with Gasteiger partial charge in [0.15, 0.2) is 0 Å². The summed E-state index contributed by atoms with van der Waals surface area (Å²) in [6.07, 6.45) is 5.71. The molecular weight excluding hydrogens is 499 g/mol. The summed E-state index contributed by atoms with van der Waals surface area (Å²) in [7, 11) is -2.35. The van der Waals surface area contributed by atoms with Crippen molar-refractivity contribution in [2.24, 2.45) is 0 Å². The predicted octanol–water partition coefficient (Wildman–Crippen LogP) is 9.49. The van der Waals surface area contributed by atoms with E-state index in [1.165, 1.54) is 67.6 Å². The normalized spacial score (nSPS) is 13.2. The molecule has 0 bridgehead atoms. The Balaban J connectivity index is 1.89. The van der Waals surface area contributed by atoms with Crippen molar-refractivity contribution in [1.82, 2.24) is 0 Å². The van der Waals surface area contributed by atoms with Crippen molar-refractivity contribution in [2.75, 3.05) is 6.66 Å². The molecule has 4 rings (SSSR count). The van der Waals surface area contributed by atoms with Crippen LogP contribution in [0.15, 0.2) is 60.7 Å². The molecular formula is C39H49P. The monoisotopic (exact) mass is 548 g/mol. The van der Waals surface area contributed by atoms with Crippen LogP contribution < -0.4 is 15.9 Å². The van der Waals surface area contributed by atoms with Gasteiger partial charge in [-0.05, 0) is 0 Å². The van der Waals surface area contributed by atoms with E-state index in [0.717, 1.165) is 0 Å². The molecule has 0 saturated heterocycles. The molecule has 0 aliphatic rings. The van der Waals surface area contributed by atoms with E-state index < -0.39 is 7.26 Å². The van der Waals surface area contributed by atoms with Crippen LogP contribution in [0, 0.1) is 55.4 Å². The predicted molar refractivity (Wildman–Crippen MR) is 184 cm³/mol. The molecule has 0 fully saturated rings. The van der Waals surface area contributed by atoms with Crippen molar-refractivity contribution in [3.05, 3.63) is 122 Å². The van der Waals surface area contributed by atoms with Gasteiger partial charge in [-0.1, -0.05) is 6.92 Å². The van der Waals surface area contributed by atoms with Crippen molar-refractivity contribution in [3.8, 4) is 0 Å². The molecule has 0 nitrogen and oxygen atoms in total. The van der Waals surface area contributed by atoms with Crippen LogP contribution in [0.1, 0.15) is 87.4 Å². The molecule has 4 aromatic carbocycles.